The van der Waals surface area contributed by atoms with E-state index >= 15 is 0 Å². The molecule has 39 heavy (non-hydrogen) atoms. The Kier molecular flexibility index (Phi) is 8.42. The number of carbonyl (C=O) groups excluding carboxylic acids is 1. The maximum Gasteiger partial charge on any atom is 0.416 e. The third-order valence-electron chi connectivity index (χ3n) is 6.70. The Morgan fingerprint density at radius 1 is 0.872 bits per heavy atom. The monoisotopic (exact) mass is 545 g/mol. The Morgan fingerprint density at radius 3 is 2.21 bits per heavy atom. The molecule has 1 aliphatic rings. The number of alkyl halides is 3. The average Bonchev–Trinajstić information content (AvgIpc) is 2.94. The molecule has 0 fully saturated rings. The summed E-state index contributed by atoms with van der Waals surface area (Å²) < 4.78 is 67.2. The second kappa shape index (κ2) is 11.8. The van der Waals surface area contributed by atoms with Crippen molar-refractivity contribution in [2.45, 2.75) is 25.1 Å². The Morgan fingerprint density at radius 2 is 1.54 bits per heavy atom. The first-order chi connectivity index (χ1) is 18.7. The van der Waals surface area contributed by atoms with Gasteiger partial charge in [0, 0.05) is 6.54 Å². The van der Waals surface area contributed by atoms with Gasteiger partial charge in [-0.25, -0.2) is 0 Å². The standard InChI is InChI=1S/C29H30F3NO6/c1-35-24-9-8-18(12-25(24)36-2)13-28(34)33-11-10-19-14-26(37-3)27(38-4)16-22(19)23(33)17-39-21-7-5-6-20(15-21)29(30,31)32/h5-9,12,14-16,23H,10-11,13,17H2,1-4H3. The summed E-state index contributed by atoms with van der Waals surface area (Å²) in [4.78, 5) is 15.3. The molecule has 208 valence electrons. The maximum atomic E-state index is 13.6. The summed E-state index contributed by atoms with van der Waals surface area (Å²) in [5.41, 5.74) is 1.65. The third-order valence-corrected chi connectivity index (χ3v) is 6.70. The molecule has 0 radical (unpaired) electrons. The number of ether oxygens (including phenoxy) is 5. The van der Waals surface area contributed by atoms with Crippen molar-refractivity contribution < 1.29 is 41.7 Å². The van der Waals surface area contributed by atoms with Crippen molar-refractivity contribution in [3.05, 3.63) is 76.9 Å². The molecular formula is C29H30F3NO6. The zero-order valence-electron chi connectivity index (χ0n) is 22.1. The molecule has 0 saturated carbocycles. The van der Waals surface area contributed by atoms with Crippen LogP contribution in [0.4, 0.5) is 13.2 Å². The van der Waals surface area contributed by atoms with E-state index < -0.39 is 17.8 Å². The van der Waals surface area contributed by atoms with Crippen LogP contribution in [0.1, 0.15) is 28.3 Å². The highest BCUT2D eigenvalue weighted by Gasteiger charge is 2.34. The predicted molar refractivity (Wildman–Crippen MR) is 138 cm³/mol. The van der Waals surface area contributed by atoms with E-state index in [2.05, 4.69) is 0 Å². The number of hydrogen-bond acceptors (Lipinski definition) is 6. The van der Waals surface area contributed by atoms with Gasteiger partial charge in [0.1, 0.15) is 12.4 Å². The van der Waals surface area contributed by atoms with Crippen LogP contribution in [0.25, 0.3) is 0 Å². The van der Waals surface area contributed by atoms with Crippen LogP contribution in [0.3, 0.4) is 0 Å². The molecule has 10 heteroatoms. The lowest BCUT2D eigenvalue weighted by atomic mass is 9.91. The normalized spacial score (nSPS) is 14.8. The second-order valence-corrected chi connectivity index (χ2v) is 8.96. The number of benzene rings is 3. The van der Waals surface area contributed by atoms with Crippen molar-refractivity contribution >= 4 is 5.91 Å². The minimum absolute atomic E-state index is 0.0541. The Balaban J connectivity index is 1.65. The Labute approximate surface area is 225 Å². The van der Waals surface area contributed by atoms with Crippen LogP contribution in [-0.2, 0) is 23.8 Å². The van der Waals surface area contributed by atoms with Crippen LogP contribution >= 0.6 is 0 Å². The Bertz CT molecular complexity index is 1330. The van der Waals surface area contributed by atoms with E-state index in [1.165, 1.54) is 33.5 Å². The van der Waals surface area contributed by atoms with Crippen molar-refractivity contribution in [1.82, 2.24) is 4.90 Å². The summed E-state index contributed by atoms with van der Waals surface area (Å²) in [5.74, 6) is 1.99. The molecule has 0 bridgehead atoms. The van der Waals surface area contributed by atoms with E-state index in [4.69, 9.17) is 23.7 Å². The molecule has 0 saturated heterocycles. The highest BCUT2D eigenvalue weighted by molar-refractivity contribution is 5.80. The van der Waals surface area contributed by atoms with E-state index in [1.54, 1.807) is 36.3 Å². The lowest BCUT2D eigenvalue weighted by molar-refractivity contribution is -0.137. The minimum atomic E-state index is -4.50. The number of halogens is 3. The summed E-state index contributed by atoms with van der Waals surface area (Å²) in [6.45, 7) is 0.340. The van der Waals surface area contributed by atoms with Crippen molar-refractivity contribution in [3.8, 4) is 28.7 Å². The van der Waals surface area contributed by atoms with Gasteiger partial charge < -0.3 is 28.6 Å². The van der Waals surface area contributed by atoms with E-state index in [9.17, 15) is 18.0 Å². The van der Waals surface area contributed by atoms with Gasteiger partial charge in [-0.3, -0.25) is 4.79 Å². The molecule has 4 rings (SSSR count). The smallest absolute Gasteiger partial charge is 0.416 e. The van der Waals surface area contributed by atoms with Crippen molar-refractivity contribution in [3.63, 3.8) is 0 Å². The van der Waals surface area contributed by atoms with Crippen LogP contribution in [0.2, 0.25) is 0 Å². The zero-order valence-corrected chi connectivity index (χ0v) is 22.1. The molecule has 1 unspecified atom stereocenters. The minimum Gasteiger partial charge on any atom is -0.493 e. The fourth-order valence-corrected chi connectivity index (χ4v) is 4.71. The van der Waals surface area contributed by atoms with Gasteiger partial charge in [0.15, 0.2) is 23.0 Å². The SMILES string of the molecule is COc1ccc(CC(=O)N2CCc3cc(OC)c(OC)cc3C2COc2cccc(C(F)(F)F)c2)cc1OC. The number of fused-ring (bicyclic) bond motifs is 1. The van der Waals surface area contributed by atoms with Gasteiger partial charge in [0.2, 0.25) is 5.91 Å². The molecular weight excluding hydrogens is 515 g/mol. The summed E-state index contributed by atoms with van der Waals surface area (Å²) in [6.07, 6.45) is -3.85. The molecule has 3 aromatic carbocycles. The topological polar surface area (TPSA) is 66.5 Å². The highest BCUT2D eigenvalue weighted by atomic mass is 19.4. The van der Waals surface area contributed by atoms with E-state index in [0.717, 1.165) is 28.8 Å². The fraction of sp³-hybridized carbons (Fsp3) is 0.345. The molecule has 7 nitrogen and oxygen atoms in total. The number of amides is 1. The molecule has 0 aliphatic carbocycles. The first-order valence-electron chi connectivity index (χ1n) is 12.2. The van der Waals surface area contributed by atoms with Gasteiger partial charge in [-0.15, -0.1) is 0 Å². The molecule has 0 N–H and O–H groups in total. The Hall–Kier alpha value is -4.08. The van der Waals surface area contributed by atoms with E-state index in [0.29, 0.717) is 36.0 Å². The summed E-state index contributed by atoms with van der Waals surface area (Å²) >= 11 is 0. The molecule has 1 atom stereocenters. The molecule has 3 aromatic rings. The number of hydrogen-bond donors (Lipinski definition) is 0. The highest BCUT2D eigenvalue weighted by Crippen LogP contribution is 2.39. The van der Waals surface area contributed by atoms with Crippen LogP contribution < -0.4 is 23.7 Å². The van der Waals surface area contributed by atoms with Gasteiger partial charge in [0.05, 0.1) is 46.5 Å². The third kappa shape index (κ3) is 6.16. The van der Waals surface area contributed by atoms with Gasteiger partial charge in [-0.2, -0.15) is 13.2 Å². The largest absolute Gasteiger partial charge is 0.493 e. The quantitative estimate of drug-likeness (QED) is 0.355. The van der Waals surface area contributed by atoms with Gasteiger partial charge in [-0.1, -0.05) is 12.1 Å². The average molecular weight is 546 g/mol. The first kappa shape index (κ1) is 27.9. The molecule has 0 spiro atoms. The molecule has 1 heterocycles. The lowest BCUT2D eigenvalue weighted by Crippen LogP contribution is -2.43. The number of nitrogens with zero attached hydrogens (tertiary/aromatic N) is 1. The van der Waals surface area contributed by atoms with Crippen LogP contribution in [-0.4, -0.2) is 52.4 Å². The molecule has 1 amide bonds. The summed E-state index contributed by atoms with van der Waals surface area (Å²) in [7, 11) is 6.11. The maximum absolute atomic E-state index is 13.6. The van der Waals surface area contributed by atoms with Crippen LogP contribution in [0, 0.1) is 0 Å². The second-order valence-electron chi connectivity index (χ2n) is 8.96. The van der Waals surface area contributed by atoms with Crippen LogP contribution in [0.5, 0.6) is 28.7 Å². The van der Waals surface area contributed by atoms with E-state index in [1.807, 2.05) is 6.07 Å². The number of carbonyl (C=O) groups is 1. The summed E-state index contributed by atoms with van der Waals surface area (Å²) in [6, 6.07) is 13.0. The van der Waals surface area contributed by atoms with Crippen molar-refractivity contribution in [1.29, 1.82) is 0 Å². The predicted octanol–water partition coefficient (Wildman–Crippen LogP) is 5.49. The number of methoxy groups -OCH3 is 4. The fourth-order valence-electron chi connectivity index (χ4n) is 4.71. The number of rotatable bonds is 9. The van der Waals surface area contributed by atoms with Gasteiger partial charge in [-0.05, 0) is 65.6 Å². The van der Waals surface area contributed by atoms with Crippen LogP contribution in [0.15, 0.2) is 54.6 Å². The molecule has 0 aromatic heterocycles. The zero-order chi connectivity index (χ0) is 28.2. The lowest BCUT2D eigenvalue weighted by Gasteiger charge is -2.38. The van der Waals surface area contributed by atoms with Gasteiger partial charge in [0.25, 0.3) is 0 Å². The van der Waals surface area contributed by atoms with Crippen molar-refractivity contribution in [2.75, 3.05) is 41.6 Å². The van der Waals surface area contributed by atoms with E-state index in [-0.39, 0.29) is 24.7 Å². The summed E-state index contributed by atoms with van der Waals surface area (Å²) in [5, 5.41) is 0. The first-order valence-corrected chi connectivity index (χ1v) is 12.2. The van der Waals surface area contributed by atoms with Crippen molar-refractivity contribution in [2.24, 2.45) is 0 Å². The van der Waals surface area contributed by atoms with Gasteiger partial charge >= 0.3 is 6.18 Å². The molecule has 1 aliphatic heterocycles.